The zero-order chi connectivity index (χ0) is 15.8. The number of hydrogen-bond acceptors (Lipinski definition) is 2. The number of rotatable bonds is 3. The number of carbonyl (C=O) groups is 2. The van der Waals surface area contributed by atoms with Gasteiger partial charge in [0.05, 0.1) is 0 Å². The van der Waals surface area contributed by atoms with Crippen LogP contribution < -0.4 is 0 Å². The minimum atomic E-state index is -2.14. The van der Waals surface area contributed by atoms with Crippen LogP contribution in [0.5, 0.6) is 0 Å². The van der Waals surface area contributed by atoms with Crippen molar-refractivity contribution >= 4 is 11.9 Å². The second-order valence-corrected chi connectivity index (χ2v) is 4.87. The highest BCUT2D eigenvalue weighted by Gasteiger charge is 2.49. The molecule has 0 amide bonds. The van der Waals surface area contributed by atoms with E-state index in [9.17, 15) is 23.5 Å². The zero-order valence-corrected chi connectivity index (χ0v) is 11.1. The predicted molar refractivity (Wildman–Crippen MR) is 69.9 cm³/mol. The third-order valence-corrected chi connectivity index (χ3v) is 3.54. The first-order valence-corrected chi connectivity index (χ1v) is 6.09. The number of allylic oxidation sites excluding steroid dienone is 2. The first-order valence-electron chi connectivity index (χ1n) is 6.09. The van der Waals surface area contributed by atoms with Crippen molar-refractivity contribution in [1.29, 1.82) is 0 Å². The molecule has 1 aromatic rings. The molecule has 0 bridgehead atoms. The van der Waals surface area contributed by atoms with Crippen LogP contribution in [0.3, 0.4) is 0 Å². The Labute approximate surface area is 119 Å². The summed E-state index contributed by atoms with van der Waals surface area (Å²) in [5, 5.41) is 18.6. The van der Waals surface area contributed by atoms with E-state index in [-0.39, 0.29) is 16.7 Å². The van der Waals surface area contributed by atoms with Gasteiger partial charge in [-0.25, -0.2) is 13.6 Å². The summed E-state index contributed by atoms with van der Waals surface area (Å²) in [6, 6.07) is 4.34. The van der Waals surface area contributed by atoms with Gasteiger partial charge >= 0.3 is 11.9 Å². The van der Waals surface area contributed by atoms with E-state index in [2.05, 4.69) is 0 Å². The molecule has 0 heterocycles. The number of aliphatic carboxylic acids is 2. The molecule has 6 heteroatoms. The van der Waals surface area contributed by atoms with Crippen LogP contribution in [0.4, 0.5) is 8.78 Å². The molecule has 0 saturated carbocycles. The maximum Gasteiger partial charge on any atom is 0.331 e. The van der Waals surface area contributed by atoms with Crippen LogP contribution in [-0.2, 0) is 15.0 Å². The summed E-state index contributed by atoms with van der Waals surface area (Å²) < 4.78 is 27.5. The summed E-state index contributed by atoms with van der Waals surface area (Å²) in [4.78, 5) is 22.8. The van der Waals surface area contributed by atoms with Crippen LogP contribution in [-0.4, -0.2) is 22.2 Å². The van der Waals surface area contributed by atoms with Crippen molar-refractivity contribution in [3.05, 3.63) is 58.7 Å². The van der Waals surface area contributed by atoms with E-state index in [1.54, 1.807) is 0 Å². The Balaban J connectivity index is 2.69. The lowest BCUT2D eigenvalue weighted by Gasteiger charge is -2.32. The number of hydrogen-bond donors (Lipinski definition) is 2. The normalized spacial score (nSPS) is 22.0. The Morgan fingerprint density at radius 2 is 1.71 bits per heavy atom. The highest BCUT2D eigenvalue weighted by molar-refractivity contribution is 5.94. The van der Waals surface area contributed by atoms with Crippen molar-refractivity contribution in [2.45, 2.75) is 18.8 Å². The summed E-state index contributed by atoms with van der Waals surface area (Å²) in [5.74, 6) is -4.36. The maximum atomic E-state index is 14.5. The molecule has 2 rings (SSSR count). The fourth-order valence-electron chi connectivity index (χ4n) is 2.47. The van der Waals surface area contributed by atoms with E-state index in [1.165, 1.54) is 6.92 Å². The fraction of sp³-hybridized carbons (Fsp3) is 0.200. The average molecular weight is 294 g/mol. The van der Waals surface area contributed by atoms with Gasteiger partial charge in [-0.1, -0.05) is 12.1 Å². The van der Waals surface area contributed by atoms with Crippen molar-refractivity contribution in [2.24, 2.45) is 0 Å². The van der Waals surface area contributed by atoms with Gasteiger partial charge < -0.3 is 10.2 Å². The van der Waals surface area contributed by atoms with E-state index in [0.717, 1.165) is 30.3 Å². The van der Waals surface area contributed by atoms with Gasteiger partial charge in [0.15, 0.2) is 0 Å². The molecule has 1 unspecified atom stereocenters. The van der Waals surface area contributed by atoms with Gasteiger partial charge in [-0.15, -0.1) is 0 Å². The molecule has 1 aliphatic carbocycles. The second kappa shape index (κ2) is 5.12. The summed E-state index contributed by atoms with van der Waals surface area (Å²) >= 11 is 0. The molecule has 4 nitrogen and oxygen atoms in total. The molecule has 21 heavy (non-hydrogen) atoms. The molecule has 0 saturated heterocycles. The van der Waals surface area contributed by atoms with Crippen molar-refractivity contribution in [2.75, 3.05) is 0 Å². The molecular formula is C15H12F2O4. The van der Waals surface area contributed by atoms with Crippen LogP contribution in [0.25, 0.3) is 0 Å². The van der Waals surface area contributed by atoms with Crippen LogP contribution in [0, 0.1) is 5.82 Å². The molecule has 0 fully saturated rings. The molecule has 1 aromatic carbocycles. The van der Waals surface area contributed by atoms with Gasteiger partial charge in [-0.2, -0.15) is 0 Å². The predicted octanol–water partition coefficient (Wildman–Crippen LogP) is 2.81. The second-order valence-electron chi connectivity index (χ2n) is 4.87. The zero-order valence-electron chi connectivity index (χ0n) is 11.1. The number of halogens is 2. The highest BCUT2D eigenvalue weighted by atomic mass is 19.1. The fourth-order valence-corrected chi connectivity index (χ4v) is 2.47. The molecule has 1 aliphatic rings. The minimum absolute atomic E-state index is 0.0000926. The van der Waals surface area contributed by atoms with Crippen LogP contribution in [0.15, 0.2) is 47.3 Å². The van der Waals surface area contributed by atoms with Crippen molar-refractivity contribution in [1.82, 2.24) is 0 Å². The summed E-state index contributed by atoms with van der Waals surface area (Å²) in [6.07, 6.45) is 0.578. The summed E-state index contributed by atoms with van der Waals surface area (Å²) in [7, 11) is 0. The van der Waals surface area contributed by atoms with Gasteiger partial charge in [-0.3, -0.25) is 4.79 Å². The monoisotopic (exact) mass is 294 g/mol. The molecular weight excluding hydrogens is 282 g/mol. The van der Waals surface area contributed by atoms with E-state index < -0.39 is 35.4 Å². The SMILES string of the molecule is CC1=C(F)C(C(=O)O)(c2ccc(F)cc2)CC(C(=O)O)=C1. The lowest BCUT2D eigenvalue weighted by molar-refractivity contribution is -0.143. The highest BCUT2D eigenvalue weighted by Crippen LogP contribution is 2.44. The van der Waals surface area contributed by atoms with Gasteiger partial charge in [0.2, 0.25) is 0 Å². The van der Waals surface area contributed by atoms with Crippen molar-refractivity contribution < 1.29 is 28.6 Å². The first kappa shape index (κ1) is 14.9. The van der Waals surface area contributed by atoms with Crippen molar-refractivity contribution in [3.8, 4) is 0 Å². The largest absolute Gasteiger partial charge is 0.480 e. The summed E-state index contributed by atoms with van der Waals surface area (Å²) in [6.45, 7) is 1.30. The van der Waals surface area contributed by atoms with Crippen LogP contribution >= 0.6 is 0 Å². The molecule has 110 valence electrons. The van der Waals surface area contributed by atoms with E-state index in [4.69, 9.17) is 5.11 Å². The van der Waals surface area contributed by atoms with E-state index in [0.29, 0.717) is 0 Å². The van der Waals surface area contributed by atoms with Gasteiger partial charge in [0.1, 0.15) is 17.1 Å². The minimum Gasteiger partial charge on any atom is -0.480 e. The molecule has 0 aromatic heterocycles. The first-order chi connectivity index (χ1) is 9.79. The maximum absolute atomic E-state index is 14.5. The Hall–Kier alpha value is -2.50. The third-order valence-electron chi connectivity index (χ3n) is 3.54. The standard InChI is InChI=1S/C15H12F2O4/c1-8-6-9(13(18)19)7-15(12(8)17,14(20)21)10-2-4-11(16)5-3-10/h2-6H,7H2,1H3,(H,18,19)(H,20,21). The number of carboxylic acid groups (broad SMARTS) is 2. The van der Waals surface area contributed by atoms with Gasteiger partial charge in [0, 0.05) is 12.0 Å². The third kappa shape index (κ3) is 2.33. The lowest BCUT2D eigenvalue weighted by atomic mass is 9.70. The Morgan fingerprint density at radius 3 is 2.19 bits per heavy atom. The quantitative estimate of drug-likeness (QED) is 0.899. The Kier molecular flexibility index (Phi) is 3.63. The van der Waals surface area contributed by atoms with Crippen LogP contribution in [0.1, 0.15) is 18.9 Å². The Morgan fingerprint density at radius 1 is 1.14 bits per heavy atom. The molecule has 0 aliphatic heterocycles. The Bertz CT molecular complexity index is 673. The van der Waals surface area contributed by atoms with E-state index >= 15 is 0 Å². The van der Waals surface area contributed by atoms with E-state index in [1.807, 2.05) is 0 Å². The molecule has 0 radical (unpaired) electrons. The topological polar surface area (TPSA) is 74.6 Å². The van der Waals surface area contributed by atoms with Crippen LogP contribution in [0.2, 0.25) is 0 Å². The lowest BCUT2D eigenvalue weighted by Crippen LogP contribution is -2.40. The number of carboxylic acids is 2. The average Bonchev–Trinajstić information content (AvgIpc) is 2.42. The summed E-state index contributed by atoms with van der Waals surface area (Å²) in [5.41, 5.74) is -2.41. The van der Waals surface area contributed by atoms with Gasteiger partial charge in [0.25, 0.3) is 0 Å². The number of benzene rings is 1. The van der Waals surface area contributed by atoms with Crippen molar-refractivity contribution in [3.63, 3.8) is 0 Å². The molecule has 2 N–H and O–H groups in total. The molecule has 0 spiro atoms. The van der Waals surface area contributed by atoms with Gasteiger partial charge in [-0.05, 0) is 36.3 Å². The smallest absolute Gasteiger partial charge is 0.331 e. The molecule has 1 atom stereocenters.